The predicted molar refractivity (Wildman–Crippen MR) is 51.9 cm³/mol. The van der Waals surface area contributed by atoms with E-state index < -0.39 is 0 Å². The molecule has 0 aromatic heterocycles. The molecule has 3 aliphatic rings. The largest absolute Gasteiger partial charge is 0.466 e. The lowest BCUT2D eigenvalue weighted by Crippen LogP contribution is -2.42. The minimum Gasteiger partial charge on any atom is -0.466 e. The summed E-state index contributed by atoms with van der Waals surface area (Å²) in [6.45, 7) is 2.31. The number of esters is 1. The molecule has 3 nitrogen and oxygen atoms in total. The summed E-state index contributed by atoms with van der Waals surface area (Å²) in [5.74, 6) is 0.495. The van der Waals surface area contributed by atoms with Gasteiger partial charge in [0.15, 0.2) is 0 Å². The van der Waals surface area contributed by atoms with E-state index in [0.29, 0.717) is 25.0 Å². The van der Waals surface area contributed by atoms with Crippen molar-refractivity contribution in [1.82, 2.24) is 0 Å². The molecule has 1 aliphatic carbocycles. The molecule has 0 radical (unpaired) electrons. The fourth-order valence-electron chi connectivity index (χ4n) is 2.55. The molecule has 1 saturated carbocycles. The number of hydrogen-bond acceptors (Lipinski definition) is 3. The normalized spacial score (nSPS) is 35.6. The van der Waals surface area contributed by atoms with Gasteiger partial charge in [0.2, 0.25) is 0 Å². The molecule has 2 bridgehead atoms. The highest BCUT2D eigenvalue weighted by Crippen LogP contribution is 2.38. The maximum absolute atomic E-state index is 11.3. The van der Waals surface area contributed by atoms with E-state index in [2.05, 4.69) is 0 Å². The highest BCUT2D eigenvalue weighted by molar-refractivity contribution is 5.70. The molecule has 80 valence electrons. The van der Waals surface area contributed by atoms with Crippen LogP contribution in [-0.4, -0.2) is 24.8 Å². The van der Waals surface area contributed by atoms with Crippen molar-refractivity contribution in [2.45, 2.75) is 51.2 Å². The topological polar surface area (TPSA) is 35.5 Å². The van der Waals surface area contributed by atoms with Gasteiger partial charge in [0, 0.05) is 0 Å². The fourth-order valence-corrected chi connectivity index (χ4v) is 2.55. The van der Waals surface area contributed by atoms with Gasteiger partial charge in [-0.05, 0) is 38.5 Å². The van der Waals surface area contributed by atoms with Crippen LogP contribution in [0.4, 0.5) is 0 Å². The highest BCUT2D eigenvalue weighted by atomic mass is 16.5. The van der Waals surface area contributed by atoms with E-state index in [0.717, 1.165) is 0 Å². The van der Waals surface area contributed by atoms with E-state index >= 15 is 0 Å². The Morgan fingerprint density at radius 2 is 2.07 bits per heavy atom. The van der Waals surface area contributed by atoms with Crippen molar-refractivity contribution in [3.05, 3.63) is 0 Å². The van der Waals surface area contributed by atoms with Gasteiger partial charge in [-0.15, -0.1) is 0 Å². The first kappa shape index (κ1) is 9.97. The average molecular weight is 198 g/mol. The molecule has 0 aromatic carbocycles. The monoisotopic (exact) mass is 198 g/mol. The lowest BCUT2D eigenvalue weighted by molar-refractivity contribution is -0.160. The number of rotatable bonds is 3. The van der Waals surface area contributed by atoms with Crippen molar-refractivity contribution in [2.24, 2.45) is 5.92 Å². The maximum Gasteiger partial charge on any atom is 0.308 e. The second-order valence-electron chi connectivity index (χ2n) is 4.22. The smallest absolute Gasteiger partial charge is 0.308 e. The number of carbonyl (C=O) groups is 1. The van der Waals surface area contributed by atoms with Crippen LogP contribution >= 0.6 is 0 Å². The Kier molecular flexibility index (Phi) is 3.06. The van der Waals surface area contributed by atoms with E-state index in [1.165, 1.54) is 25.7 Å². The summed E-state index contributed by atoms with van der Waals surface area (Å²) in [6, 6.07) is 0. The number of carbonyl (C=O) groups excluding carboxylic acids is 1. The quantitative estimate of drug-likeness (QED) is 0.650. The summed E-state index contributed by atoms with van der Waals surface area (Å²) in [7, 11) is 0. The van der Waals surface area contributed by atoms with E-state index in [-0.39, 0.29) is 12.1 Å². The minimum absolute atomic E-state index is 0.106. The molecule has 0 spiro atoms. The molecule has 0 N–H and O–H groups in total. The van der Waals surface area contributed by atoms with E-state index in [4.69, 9.17) is 9.47 Å². The maximum atomic E-state index is 11.3. The molecule has 0 amide bonds. The Balaban J connectivity index is 1.83. The van der Waals surface area contributed by atoms with E-state index in [1.807, 2.05) is 6.92 Å². The van der Waals surface area contributed by atoms with Gasteiger partial charge in [-0.1, -0.05) is 0 Å². The predicted octanol–water partition coefficient (Wildman–Crippen LogP) is 1.90. The van der Waals surface area contributed by atoms with Crippen LogP contribution < -0.4 is 0 Å². The first-order valence-electron chi connectivity index (χ1n) is 5.60. The summed E-state index contributed by atoms with van der Waals surface area (Å²) in [5.41, 5.74) is 0. The molecule has 0 aromatic rings. The lowest BCUT2D eigenvalue weighted by atomic mass is 9.79. The molecule has 3 fully saturated rings. The van der Waals surface area contributed by atoms with Gasteiger partial charge in [-0.2, -0.15) is 0 Å². The Morgan fingerprint density at radius 3 is 2.57 bits per heavy atom. The highest BCUT2D eigenvalue weighted by Gasteiger charge is 2.37. The van der Waals surface area contributed by atoms with Gasteiger partial charge in [0.05, 0.1) is 25.2 Å². The van der Waals surface area contributed by atoms with Crippen molar-refractivity contribution in [1.29, 1.82) is 0 Å². The first-order valence-corrected chi connectivity index (χ1v) is 5.60. The van der Waals surface area contributed by atoms with E-state index in [1.54, 1.807) is 0 Å². The molecule has 2 aliphatic heterocycles. The van der Waals surface area contributed by atoms with E-state index in [9.17, 15) is 4.79 Å². The summed E-state index contributed by atoms with van der Waals surface area (Å²) in [4.78, 5) is 11.3. The van der Waals surface area contributed by atoms with Crippen molar-refractivity contribution in [3.8, 4) is 0 Å². The van der Waals surface area contributed by atoms with Crippen LogP contribution in [0.3, 0.4) is 0 Å². The molecule has 3 heteroatoms. The zero-order chi connectivity index (χ0) is 9.97. The Hall–Kier alpha value is -0.570. The van der Waals surface area contributed by atoms with Crippen molar-refractivity contribution in [2.75, 3.05) is 6.61 Å². The number of fused-ring (bicyclic) bond motifs is 3. The third-order valence-electron chi connectivity index (χ3n) is 3.29. The van der Waals surface area contributed by atoms with Crippen LogP contribution in [-0.2, 0) is 14.3 Å². The van der Waals surface area contributed by atoms with Gasteiger partial charge in [-0.25, -0.2) is 0 Å². The summed E-state index contributed by atoms with van der Waals surface area (Å²) < 4.78 is 10.7. The average Bonchev–Trinajstić information content (AvgIpc) is 2.19. The van der Waals surface area contributed by atoms with Crippen LogP contribution in [0.1, 0.15) is 39.0 Å². The van der Waals surface area contributed by atoms with Crippen molar-refractivity contribution in [3.63, 3.8) is 0 Å². The van der Waals surface area contributed by atoms with Gasteiger partial charge in [0.25, 0.3) is 0 Å². The van der Waals surface area contributed by atoms with Gasteiger partial charge in [-0.3, -0.25) is 4.79 Å². The number of hydrogen-bond donors (Lipinski definition) is 0. The van der Waals surface area contributed by atoms with Gasteiger partial charge >= 0.3 is 5.97 Å². The standard InChI is InChI=1S/C11H18O3/c1-2-13-11(12)7-10-8-3-5-9(14-10)6-4-8/h8-10H,2-7H2,1H3. The minimum atomic E-state index is -0.106. The van der Waals surface area contributed by atoms with Gasteiger partial charge < -0.3 is 9.47 Å². The molecular formula is C11H18O3. The van der Waals surface area contributed by atoms with Crippen molar-refractivity contribution >= 4 is 5.97 Å². The fraction of sp³-hybridized carbons (Fsp3) is 0.909. The first-order chi connectivity index (χ1) is 6.79. The van der Waals surface area contributed by atoms with Crippen LogP contribution in [0.2, 0.25) is 0 Å². The molecule has 1 atom stereocenters. The van der Waals surface area contributed by atoms with Gasteiger partial charge in [0.1, 0.15) is 0 Å². The lowest BCUT2D eigenvalue weighted by Gasteiger charge is -2.42. The zero-order valence-corrected chi connectivity index (χ0v) is 8.70. The van der Waals surface area contributed by atoms with Crippen LogP contribution in [0.5, 0.6) is 0 Å². The Bertz CT molecular complexity index is 207. The SMILES string of the molecule is CCOC(=O)CC1OC2CCC1CC2. The molecule has 1 unspecified atom stereocenters. The summed E-state index contributed by atoms with van der Waals surface area (Å²) in [5, 5.41) is 0. The van der Waals surface area contributed by atoms with Crippen LogP contribution in [0.25, 0.3) is 0 Å². The zero-order valence-electron chi connectivity index (χ0n) is 8.70. The molecule has 14 heavy (non-hydrogen) atoms. The Morgan fingerprint density at radius 1 is 1.36 bits per heavy atom. The molecule has 2 heterocycles. The number of ether oxygens (including phenoxy) is 2. The second kappa shape index (κ2) is 4.30. The second-order valence-corrected chi connectivity index (χ2v) is 4.22. The molecular weight excluding hydrogens is 180 g/mol. The third kappa shape index (κ3) is 2.08. The molecule has 2 saturated heterocycles. The molecule has 3 rings (SSSR count). The third-order valence-corrected chi connectivity index (χ3v) is 3.29. The summed E-state index contributed by atoms with van der Waals surface area (Å²) in [6.07, 6.45) is 5.84. The van der Waals surface area contributed by atoms with Crippen molar-refractivity contribution < 1.29 is 14.3 Å². The van der Waals surface area contributed by atoms with Crippen LogP contribution in [0.15, 0.2) is 0 Å². The Labute approximate surface area is 84.8 Å². The summed E-state index contributed by atoms with van der Waals surface area (Å²) >= 11 is 0. The van der Waals surface area contributed by atoms with Crippen LogP contribution in [0, 0.1) is 5.92 Å².